The number of ketones is 1. The highest BCUT2D eigenvalue weighted by Gasteiger charge is 2.32. The Morgan fingerprint density at radius 3 is 2.41 bits per heavy atom. The second kappa shape index (κ2) is 8.65. The maximum atomic E-state index is 14.0. The van der Waals surface area contributed by atoms with Gasteiger partial charge in [0.1, 0.15) is 17.4 Å². The molecule has 2 aromatic carbocycles. The van der Waals surface area contributed by atoms with E-state index in [-0.39, 0.29) is 5.78 Å². The van der Waals surface area contributed by atoms with E-state index in [4.69, 9.17) is 4.74 Å². The van der Waals surface area contributed by atoms with Crippen LogP contribution in [0.25, 0.3) is 11.1 Å². The van der Waals surface area contributed by atoms with E-state index in [1.54, 1.807) is 36.7 Å². The number of ether oxygens (including phenoxy) is 1. The molecular weight excluding hydrogens is 408 g/mol. The summed E-state index contributed by atoms with van der Waals surface area (Å²) in [6.07, 6.45) is 9.34. The average Bonchev–Trinajstić information content (AvgIpc) is 3.40. The maximum absolute atomic E-state index is 14.0. The number of carbonyl (C=O) groups excluding carboxylic acids is 1. The predicted molar refractivity (Wildman–Crippen MR) is 119 cm³/mol. The van der Waals surface area contributed by atoms with Crippen LogP contribution in [0.5, 0.6) is 5.75 Å². The van der Waals surface area contributed by atoms with Gasteiger partial charge in [-0.25, -0.2) is 8.78 Å². The van der Waals surface area contributed by atoms with Crippen LogP contribution in [0.2, 0.25) is 0 Å². The van der Waals surface area contributed by atoms with Crippen molar-refractivity contribution in [3.63, 3.8) is 0 Å². The SMILES string of the molecule is O=C1C(c2cccnc2)=C(c2cc(F)cc(F)c2)c2ccc(OCCC3CCCC3)cc21. The average molecular weight is 431 g/mol. The first-order chi connectivity index (χ1) is 15.6. The molecule has 0 atom stereocenters. The van der Waals surface area contributed by atoms with Crippen LogP contribution in [0.1, 0.15) is 59.2 Å². The number of Topliss-reactive ketones (excluding diaryl/α,β-unsaturated/α-hetero) is 1. The highest BCUT2D eigenvalue weighted by molar-refractivity contribution is 6.41. The fourth-order valence-electron chi connectivity index (χ4n) is 4.83. The van der Waals surface area contributed by atoms with Crippen molar-refractivity contribution >= 4 is 16.9 Å². The monoisotopic (exact) mass is 431 g/mol. The summed E-state index contributed by atoms with van der Waals surface area (Å²) in [5, 5.41) is 0. The van der Waals surface area contributed by atoms with Gasteiger partial charge in [-0.3, -0.25) is 9.78 Å². The van der Waals surface area contributed by atoms with Crippen molar-refractivity contribution in [1.82, 2.24) is 4.98 Å². The first kappa shape index (κ1) is 20.6. The van der Waals surface area contributed by atoms with Gasteiger partial charge in [-0.1, -0.05) is 31.7 Å². The molecule has 1 heterocycles. The van der Waals surface area contributed by atoms with Crippen LogP contribution in [-0.4, -0.2) is 17.4 Å². The topological polar surface area (TPSA) is 39.2 Å². The lowest BCUT2D eigenvalue weighted by molar-refractivity contribution is 0.105. The molecule has 0 unspecified atom stereocenters. The highest BCUT2D eigenvalue weighted by Crippen LogP contribution is 2.43. The molecular formula is C27H23F2NO2. The molecule has 0 N–H and O–H groups in total. The van der Waals surface area contributed by atoms with Crippen LogP contribution in [-0.2, 0) is 0 Å². The second-order valence-electron chi connectivity index (χ2n) is 8.47. The number of allylic oxidation sites excluding steroid dienone is 1. The third-order valence-electron chi connectivity index (χ3n) is 6.35. The standard InChI is InChI=1S/C27H23F2NO2/c28-20-12-19(13-21(29)14-20)25-23-8-7-22(32-11-9-17-4-1-2-5-17)15-24(23)27(31)26(25)18-6-3-10-30-16-18/h3,6-8,10,12-17H,1-2,4-5,9,11H2. The van der Waals surface area contributed by atoms with Gasteiger partial charge in [-0.05, 0) is 59.9 Å². The van der Waals surface area contributed by atoms with Crippen LogP contribution in [0.15, 0.2) is 60.9 Å². The molecule has 5 rings (SSSR count). The van der Waals surface area contributed by atoms with Crippen molar-refractivity contribution in [1.29, 1.82) is 0 Å². The lowest BCUT2D eigenvalue weighted by atomic mass is 9.95. The first-order valence-corrected chi connectivity index (χ1v) is 11.0. The van der Waals surface area contributed by atoms with Crippen molar-refractivity contribution in [2.45, 2.75) is 32.1 Å². The summed E-state index contributed by atoms with van der Waals surface area (Å²) >= 11 is 0. The van der Waals surface area contributed by atoms with Gasteiger partial charge in [0.15, 0.2) is 5.78 Å². The first-order valence-electron chi connectivity index (χ1n) is 11.0. The molecule has 0 amide bonds. The largest absolute Gasteiger partial charge is 0.494 e. The Balaban J connectivity index is 1.52. The van der Waals surface area contributed by atoms with Crippen molar-refractivity contribution in [2.24, 2.45) is 5.92 Å². The molecule has 32 heavy (non-hydrogen) atoms. The van der Waals surface area contributed by atoms with Gasteiger partial charge in [0.2, 0.25) is 0 Å². The Labute approximate surface area is 185 Å². The van der Waals surface area contributed by atoms with Gasteiger partial charge in [0.25, 0.3) is 0 Å². The second-order valence-corrected chi connectivity index (χ2v) is 8.47. The molecule has 0 saturated heterocycles. The Morgan fingerprint density at radius 2 is 1.69 bits per heavy atom. The van der Waals surface area contributed by atoms with Gasteiger partial charge < -0.3 is 4.74 Å². The Kier molecular flexibility index (Phi) is 5.56. The Hall–Kier alpha value is -3.34. The summed E-state index contributed by atoms with van der Waals surface area (Å²) in [7, 11) is 0. The van der Waals surface area contributed by atoms with Gasteiger partial charge in [-0.15, -0.1) is 0 Å². The van der Waals surface area contributed by atoms with Crippen molar-refractivity contribution in [3.8, 4) is 5.75 Å². The van der Waals surface area contributed by atoms with Crippen LogP contribution in [0.3, 0.4) is 0 Å². The zero-order valence-corrected chi connectivity index (χ0v) is 17.6. The zero-order valence-electron chi connectivity index (χ0n) is 17.6. The molecule has 2 aliphatic carbocycles. The molecule has 1 saturated carbocycles. The minimum absolute atomic E-state index is 0.200. The minimum Gasteiger partial charge on any atom is -0.494 e. The maximum Gasteiger partial charge on any atom is 0.195 e. The van der Waals surface area contributed by atoms with E-state index in [2.05, 4.69) is 4.98 Å². The van der Waals surface area contributed by atoms with Crippen molar-refractivity contribution in [2.75, 3.05) is 6.61 Å². The van der Waals surface area contributed by atoms with E-state index in [9.17, 15) is 13.6 Å². The Bertz CT molecular complexity index is 1180. The lowest BCUT2D eigenvalue weighted by Gasteiger charge is -2.12. The van der Waals surface area contributed by atoms with E-state index in [1.807, 2.05) is 6.07 Å². The van der Waals surface area contributed by atoms with Crippen molar-refractivity contribution in [3.05, 3.63) is 94.8 Å². The number of benzene rings is 2. The molecule has 0 bridgehead atoms. The summed E-state index contributed by atoms with van der Waals surface area (Å²) in [6, 6.07) is 12.2. The molecule has 5 heteroatoms. The van der Waals surface area contributed by atoms with E-state index in [0.717, 1.165) is 18.4 Å². The molecule has 0 spiro atoms. The molecule has 0 aliphatic heterocycles. The normalized spacial score (nSPS) is 16.0. The molecule has 0 radical (unpaired) electrons. The number of aromatic nitrogens is 1. The predicted octanol–water partition coefficient (Wildman–Crippen LogP) is 6.47. The zero-order chi connectivity index (χ0) is 22.1. The highest BCUT2D eigenvalue weighted by atomic mass is 19.1. The number of fused-ring (bicyclic) bond motifs is 1. The molecule has 1 fully saturated rings. The fraction of sp³-hybridized carbons (Fsp3) is 0.259. The number of carbonyl (C=O) groups is 1. The van der Waals surface area contributed by atoms with Crippen LogP contribution >= 0.6 is 0 Å². The van der Waals surface area contributed by atoms with E-state index < -0.39 is 11.6 Å². The molecule has 1 aromatic heterocycles. The van der Waals surface area contributed by atoms with E-state index in [1.165, 1.54) is 37.8 Å². The third kappa shape index (κ3) is 3.95. The number of rotatable bonds is 6. The summed E-state index contributed by atoms with van der Waals surface area (Å²) in [5.74, 6) is -0.225. The smallest absolute Gasteiger partial charge is 0.195 e. The lowest BCUT2D eigenvalue weighted by Crippen LogP contribution is -2.05. The summed E-state index contributed by atoms with van der Waals surface area (Å²) in [6.45, 7) is 0.614. The summed E-state index contributed by atoms with van der Waals surface area (Å²) < 4.78 is 34.0. The number of halogens is 2. The number of nitrogens with zero attached hydrogens (tertiary/aromatic N) is 1. The molecule has 2 aliphatic rings. The van der Waals surface area contributed by atoms with E-state index >= 15 is 0 Å². The van der Waals surface area contributed by atoms with Gasteiger partial charge in [0.05, 0.1) is 6.61 Å². The van der Waals surface area contributed by atoms with Gasteiger partial charge in [-0.2, -0.15) is 0 Å². The van der Waals surface area contributed by atoms with Crippen LogP contribution < -0.4 is 4.74 Å². The number of pyridine rings is 1. The van der Waals surface area contributed by atoms with Crippen LogP contribution in [0, 0.1) is 17.6 Å². The van der Waals surface area contributed by atoms with Crippen LogP contribution in [0.4, 0.5) is 8.78 Å². The minimum atomic E-state index is -0.689. The quantitative estimate of drug-likeness (QED) is 0.449. The van der Waals surface area contributed by atoms with Gasteiger partial charge >= 0.3 is 0 Å². The Morgan fingerprint density at radius 1 is 0.906 bits per heavy atom. The molecule has 3 nitrogen and oxygen atoms in total. The number of hydrogen-bond donors (Lipinski definition) is 0. The fourth-order valence-corrected chi connectivity index (χ4v) is 4.83. The molecule has 162 valence electrons. The summed E-state index contributed by atoms with van der Waals surface area (Å²) in [4.78, 5) is 17.6. The molecule has 3 aromatic rings. The third-order valence-corrected chi connectivity index (χ3v) is 6.35. The summed E-state index contributed by atoms with van der Waals surface area (Å²) in [5.41, 5.74) is 2.94. The van der Waals surface area contributed by atoms with Gasteiger partial charge in [0, 0.05) is 40.7 Å². The van der Waals surface area contributed by atoms with E-state index in [0.29, 0.717) is 45.8 Å². The number of hydrogen-bond acceptors (Lipinski definition) is 3. The van der Waals surface area contributed by atoms with Crippen molar-refractivity contribution < 1.29 is 18.3 Å².